The lowest BCUT2D eigenvalue weighted by atomic mass is 10.2. The second kappa shape index (κ2) is 8.93. The number of alkyl halides is 2. The zero-order valence-electron chi connectivity index (χ0n) is 15.7. The number of halogens is 2. The Morgan fingerprint density at radius 2 is 1.76 bits per heavy atom. The summed E-state index contributed by atoms with van der Waals surface area (Å²) in [6, 6.07) is 0. The monoisotopic (exact) mass is 574 g/mol. The van der Waals surface area contributed by atoms with Gasteiger partial charge in [0, 0.05) is 0 Å². The number of aliphatic hydroxyl groups is 1. The van der Waals surface area contributed by atoms with Crippen molar-refractivity contribution in [1.82, 2.24) is 19.5 Å². The largest absolute Gasteiger partial charge is 0.490 e. The lowest BCUT2D eigenvalue weighted by Crippen LogP contribution is -2.37. The van der Waals surface area contributed by atoms with E-state index in [0.29, 0.717) is 0 Å². The highest BCUT2D eigenvalue weighted by molar-refractivity contribution is 7.66. The molecule has 33 heavy (non-hydrogen) atoms. The van der Waals surface area contributed by atoms with E-state index in [0.717, 1.165) is 10.9 Å². The van der Waals surface area contributed by atoms with E-state index in [4.69, 9.17) is 54.1 Å². The van der Waals surface area contributed by atoms with Gasteiger partial charge >= 0.3 is 23.5 Å². The number of nitrogen functional groups attached to an aromatic ring is 2. The van der Waals surface area contributed by atoms with Crippen molar-refractivity contribution in [3.8, 4) is 0 Å². The zero-order chi connectivity index (χ0) is 25.0. The summed E-state index contributed by atoms with van der Waals surface area (Å²) in [6.07, 6.45) is -3.60. The van der Waals surface area contributed by atoms with E-state index >= 15 is 0 Å². The molecule has 2 aromatic heterocycles. The van der Waals surface area contributed by atoms with Crippen LogP contribution in [-0.2, 0) is 31.6 Å². The van der Waals surface area contributed by atoms with Crippen LogP contribution in [0.1, 0.15) is 6.23 Å². The lowest BCUT2D eigenvalue weighted by molar-refractivity contribution is -0.0425. The first kappa shape index (κ1) is 26.7. The molecule has 9 N–H and O–H groups in total. The summed E-state index contributed by atoms with van der Waals surface area (Å²) in [5.74, 6) is -0.298. The van der Waals surface area contributed by atoms with Crippen molar-refractivity contribution in [3.05, 3.63) is 6.33 Å². The van der Waals surface area contributed by atoms with E-state index in [2.05, 4.69) is 28.1 Å². The number of ether oxygens (including phenoxy) is 1. The SMILES string of the molecule is Nc1nc(N)c2ncn(C3OC(COP(=O)(O)OP(=O)(O)OP(=O)(O)O)C(O)C3(Cl)Cl)c2n1. The van der Waals surface area contributed by atoms with Gasteiger partial charge in [-0.3, -0.25) is 9.09 Å². The van der Waals surface area contributed by atoms with Crippen LogP contribution in [-0.4, -0.2) is 67.3 Å². The van der Waals surface area contributed by atoms with Gasteiger partial charge < -0.3 is 40.9 Å². The van der Waals surface area contributed by atoms with Gasteiger partial charge in [-0.05, 0) is 0 Å². The number of hydrogen-bond acceptors (Lipinski definition) is 13. The number of nitrogens with two attached hydrogens (primary N) is 2. The van der Waals surface area contributed by atoms with Gasteiger partial charge in [-0.25, -0.2) is 18.7 Å². The Labute approximate surface area is 192 Å². The normalized spacial score (nSPS) is 26.8. The van der Waals surface area contributed by atoms with Crippen LogP contribution >= 0.6 is 46.7 Å². The van der Waals surface area contributed by atoms with Crippen LogP contribution in [0.25, 0.3) is 11.2 Å². The molecule has 1 fully saturated rings. The maximum absolute atomic E-state index is 11.9. The molecule has 2 aromatic rings. The smallest absolute Gasteiger partial charge is 0.387 e. The molecular formula is C10H15Cl2N6O12P3. The molecule has 3 rings (SSSR count). The summed E-state index contributed by atoms with van der Waals surface area (Å²) < 4.78 is 50.1. The molecule has 0 spiro atoms. The number of fused-ring (bicyclic) bond motifs is 1. The Balaban J connectivity index is 1.77. The third-order valence-electron chi connectivity index (χ3n) is 3.92. The van der Waals surface area contributed by atoms with E-state index in [1.807, 2.05) is 0 Å². The molecule has 186 valence electrons. The molecule has 0 aromatic carbocycles. The summed E-state index contributed by atoms with van der Waals surface area (Å²) in [5, 5.41) is 10.4. The lowest BCUT2D eigenvalue weighted by Gasteiger charge is -2.23. The van der Waals surface area contributed by atoms with E-state index in [1.165, 1.54) is 0 Å². The molecule has 1 aliphatic heterocycles. The number of nitrogens with zero attached hydrogens (tertiary/aromatic N) is 4. The van der Waals surface area contributed by atoms with Crippen LogP contribution in [0.2, 0.25) is 0 Å². The van der Waals surface area contributed by atoms with Gasteiger partial charge in [0.2, 0.25) is 5.95 Å². The average molecular weight is 575 g/mol. The summed E-state index contributed by atoms with van der Waals surface area (Å²) in [4.78, 5) is 47.4. The number of hydrogen-bond donors (Lipinski definition) is 7. The molecule has 18 nitrogen and oxygen atoms in total. The third-order valence-corrected chi connectivity index (χ3v) is 8.54. The summed E-state index contributed by atoms with van der Waals surface area (Å²) in [7, 11) is -16.8. The fourth-order valence-corrected chi connectivity index (χ4v) is 6.33. The highest BCUT2D eigenvalue weighted by Crippen LogP contribution is 2.66. The molecule has 0 amide bonds. The summed E-state index contributed by atoms with van der Waals surface area (Å²) in [6.45, 7) is -1.01. The molecule has 5 unspecified atom stereocenters. The molecule has 0 saturated carbocycles. The highest BCUT2D eigenvalue weighted by atomic mass is 35.5. The molecule has 5 atom stereocenters. The quantitative estimate of drug-likeness (QED) is 0.158. The minimum Gasteiger partial charge on any atom is -0.387 e. The van der Waals surface area contributed by atoms with Crippen molar-refractivity contribution < 1.29 is 56.3 Å². The first-order valence-electron chi connectivity index (χ1n) is 8.17. The van der Waals surface area contributed by atoms with Gasteiger partial charge in [0.15, 0.2) is 22.0 Å². The number of anilines is 2. The summed E-state index contributed by atoms with van der Waals surface area (Å²) in [5.41, 5.74) is 11.4. The van der Waals surface area contributed by atoms with Gasteiger partial charge in [0.1, 0.15) is 17.7 Å². The fraction of sp³-hybridized carbons (Fsp3) is 0.500. The maximum Gasteiger partial charge on any atom is 0.490 e. The zero-order valence-corrected chi connectivity index (χ0v) is 19.8. The Hall–Kier alpha value is -0.940. The number of imidazole rings is 1. The Morgan fingerprint density at radius 1 is 1.12 bits per heavy atom. The van der Waals surface area contributed by atoms with Crippen LogP contribution in [0.15, 0.2) is 6.33 Å². The van der Waals surface area contributed by atoms with Crippen LogP contribution in [0.4, 0.5) is 11.8 Å². The van der Waals surface area contributed by atoms with E-state index in [1.54, 1.807) is 0 Å². The fourth-order valence-electron chi connectivity index (χ4n) is 2.70. The minimum absolute atomic E-state index is 0.0245. The minimum atomic E-state index is -5.73. The highest BCUT2D eigenvalue weighted by Gasteiger charge is 2.56. The number of aromatic nitrogens is 4. The molecule has 23 heteroatoms. The van der Waals surface area contributed by atoms with E-state index < -0.39 is 52.8 Å². The second-order valence-electron chi connectivity index (χ2n) is 6.32. The Morgan fingerprint density at radius 3 is 2.36 bits per heavy atom. The van der Waals surface area contributed by atoms with Crippen molar-refractivity contribution >= 4 is 69.6 Å². The van der Waals surface area contributed by atoms with Crippen LogP contribution in [0.5, 0.6) is 0 Å². The second-order valence-corrected chi connectivity index (χ2v) is 12.2. The Bertz CT molecular complexity index is 1210. The van der Waals surface area contributed by atoms with Crippen molar-refractivity contribution in [2.24, 2.45) is 0 Å². The molecule has 0 aliphatic carbocycles. The van der Waals surface area contributed by atoms with Crippen LogP contribution in [0.3, 0.4) is 0 Å². The standard InChI is InChI=1S/C10H15Cl2N6O12P3/c11-10(12)5(19)3(1-27-32(23,24)30-33(25,26)29-31(20,21)22)28-8(10)18-2-15-4-6(13)16-9(14)17-7(4)18/h2-3,5,8,19H,1H2,(H,23,24)(H,25,26)(H2,20,21,22)(H4,13,14,16,17). The average Bonchev–Trinajstić information content (AvgIpc) is 3.10. The third kappa shape index (κ3) is 6.01. The number of rotatable bonds is 8. The molecule has 0 radical (unpaired) electrons. The van der Waals surface area contributed by atoms with Gasteiger partial charge in [0.25, 0.3) is 0 Å². The molecular weight excluding hydrogens is 560 g/mol. The van der Waals surface area contributed by atoms with Crippen molar-refractivity contribution in [2.45, 2.75) is 22.8 Å². The predicted molar refractivity (Wildman–Crippen MR) is 108 cm³/mol. The first-order valence-corrected chi connectivity index (χ1v) is 13.4. The number of phosphoric acid groups is 3. The van der Waals surface area contributed by atoms with Gasteiger partial charge in [-0.2, -0.15) is 18.6 Å². The van der Waals surface area contributed by atoms with Gasteiger partial charge in [0.05, 0.1) is 12.9 Å². The number of phosphoric ester groups is 1. The van der Waals surface area contributed by atoms with Gasteiger partial charge in [-0.15, -0.1) is 0 Å². The van der Waals surface area contributed by atoms with Crippen molar-refractivity contribution in [2.75, 3.05) is 18.1 Å². The molecule has 1 saturated heterocycles. The summed E-state index contributed by atoms with van der Waals surface area (Å²) >= 11 is 12.4. The van der Waals surface area contributed by atoms with Crippen molar-refractivity contribution in [3.63, 3.8) is 0 Å². The van der Waals surface area contributed by atoms with Crippen LogP contribution < -0.4 is 11.5 Å². The van der Waals surface area contributed by atoms with Gasteiger partial charge in [-0.1, -0.05) is 23.2 Å². The molecule has 1 aliphatic rings. The van der Waals surface area contributed by atoms with Crippen molar-refractivity contribution in [1.29, 1.82) is 0 Å². The maximum atomic E-state index is 11.9. The van der Waals surface area contributed by atoms with Crippen LogP contribution in [0, 0.1) is 0 Å². The predicted octanol–water partition coefficient (Wildman–Crippen LogP) is -0.234. The van der Waals surface area contributed by atoms with E-state index in [-0.39, 0.29) is 22.9 Å². The Kier molecular flexibility index (Phi) is 7.22. The number of aliphatic hydroxyl groups excluding tert-OH is 1. The molecule has 3 heterocycles. The van der Waals surface area contributed by atoms with E-state index in [9.17, 15) is 23.7 Å². The molecule has 0 bridgehead atoms. The topological polar surface area (TPSA) is 285 Å². The first-order chi connectivity index (χ1) is 14.9.